The molecule has 7 nitrogen and oxygen atoms in total. The number of fused-ring (bicyclic) bond motifs is 4. The summed E-state index contributed by atoms with van der Waals surface area (Å²) in [6.07, 6.45) is 3.43. The Bertz CT molecular complexity index is 1170. The molecule has 0 aliphatic carbocycles. The second kappa shape index (κ2) is 8.28. The number of halogens is 1. The highest BCUT2D eigenvalue weighted by Crippen LogP contribution is 2.37. The summed E-state index contributed by atoms with van der Waals surface area (Å²) in [6, 6.07) is 8.81. The lowest BCUT2D eigenvalue weighted by Gasteiger charge is -2.47. The van der Waals surface area contributed by atoms with Crippen LogP contribution in [0.5, 0.6) is 0 Å². The van der Waals surface area contributed by atoms with Crippen LogP contribution in [0.4, 0.5) is 10.1 Å². The number of benzene rings is 1. The minimum Gasteiger partial charge on any atom is -0.310 e. The molecule has 2 fully saturated rings. The maximum absolute atomic E-state index is 13.5. The maximum atomic E-state index is 13.5. The molecule has 2 saturated heterocycles. The third kappa shape index (κ3) is 4.09. The van der Waals surface area contributed by atoms with Gasteiger partial charge in [-0.25, -0.2) is 12.8 Å². The molecule has 0 amide bonds. The maximum Gasteiger partial charge on any atom is 0.275 e. The first-order valence-electron chi connectivity index (χ1n) is 11.2. The Balaban J connectivity index is 1.38. The van der Waals surface area contributed by atoms with Crippen molar-refractivity contribution < 1.29 is 12.8 Å². The van der Waals surface area contributed by atoms with Gasteiger partial charge in [0.05, 0.1) is 4.90 Å². The number of likely N-dealkylation sites (tertiary alicyclic amines) is 2. The molecule has 1 N–H and O–H groups in total. The Labute approximate surface area is 187 Å². The summed E-state index contributed by atoms with van der Waals surface area (Å²) in [6.45, 7) is 4.78. The van der Waals surface area contributed by atoms with Crippen molar-refractivity contribution in [2.75, 3.05) is 37.9 Å². The van der Waals surface area contributed by atoms with Gasteiger partial charge in [-0.15, -0.1) is 0 Å². The van der Waals surface area contributed by atoms with E-state index in [1.54, 1.807) is 10.6 Å². The number of rotatable bonds is 4. The average molecular weight is 461 g/mol. The molecule has 0 radical (unpaired) electrons. The van der Waals surface area contributed by atoms with Crippen molar-refractivity contribution in [1.29, 1.82) is 0 Å². The van der Waals surface area contributed by atoms with Crippen molar-refractivity contribution in [2.24, 2.45) is 5.92 Å². The first-order valence-corrected chi connectivity index (χ1v) is 12.7. The van der Waals surface area contributed by atoms with E-state index in [-0.39, 0.29) is 22.1 Å². The van der Waals surface area contributed by atoms with Crippen LogP contribution in [0, 0.1) is 11.7 Å². The summed E-state index contributed by atoms with van der Waals surface area (Å²) in [5, 5.41) is 0. The molecule has 5 rings (SSSR count). The number of piperidine rings is 2. The molecule has 0 saturated carbocycles. The standard InChI is InChI=1S/C23H29FN4O3S/c1-26-9-7-19(8-10-26)27-13-16-11-17(15-27)22-6-5-21(23(29)28(22)14-16)25-32(30,31)20-4-2-3-18(24)12-20/h2-6,12,16-17,19,25H,7-11,13-15H2,1H3. The third-order valence-corrected chi connectivity index (χ3v) is 8.55. The summed E-state index contributed by atoms with van der Waals surface area (Å²) in [5.41, 5.74) is 0.660. The SMILES string of the molecule is CN1CCC(N2CC3CC(C2)c2ccc(NS(=O)(=O)c4cccc(F)c4)c(=O)n2C3)CC1. The van der Waals surface area contributed by atoms with Gasteiger partial charge < -0.3 is 9.47 Å². The van der Waals surface area contributed by atoms with Gasteiger partial charge in [-0.3, -0.25) is 14.4 Å². The quantitative estimate of drug-likeness (QED) is 0.758. The van der Waals surface area contributed by atoms with Crippen molar-refractivity contribution in [3.05, 3.63) is 58.3 Å². The van der Waals surface area contributed by atoms with E-state index in [1.807, 2.05) is 6.07 Å². The van der Waals surface area contributed by atoms with Gasteiger partial charge in [-0.05, 0) is 75.6 Å². The summed E-state index contributed by atoms with van der Waals surface area (Å²) in [4.78, 5) is 18.0. The van der Waals surface area contributed by atoms with E-state index in [4.69, 9.17) is 0 Å². The lowest BCUT2D eigenvalue weighted by atomic mass is 9.82. The zero-order chi connectivity index (χ0) is 22.5. The minimum absolute atomic E-state index is 0.00478. The van der Waals surface area contributed by atoms with Crippen LogP contribution in [0.15, 0.2) is 46.1 Å². The van der Waals surface area contributed by atoms with Crippen molar-refractivity contribution in [3.63, 3.8) is 0 Å². The predicted octanol–water partition coefficient (Wildman–Crippen LogP) is 2.30. The number of sulfonamides is 1. The minimum atomic E-state index is -4.05. The second-order valence-corrected chi connectivity index (χ2v) is 11.1. The summed E-state index contributed by atoms with van der Waals surface area (Å²) < 4.78 is 43.0. The molecule has 3 aliphatic rings. The molecule has 2 bridgehead atoms. The monoisotopic (exact) mass is 460 g/mol. The van der Waals surface area contributed by atoms with E-state index in [9.17, 15) is 17.6 Å². The third-order valence-electron chi connectivity index (χ3n) is 7.19. The number of hydrogen-bond donors (Lipinski definition) is 1. The van der Waals surface area contributed by atoms with Gasteiger partial charge in [0, 0.05) is 37.3 Å². The van der Waals surface area contributed by atoms with Crippen LogP contribution < -0.4 is 10.3 Å². The highest BCUT2D eigenvalue weighted by Gasteiger charge is 2.38. The average Bonchev–Trinajstić information content (AvgIpc) is 2.76. The topological polar surface area (TPSA) is 74.7 Å². The predicted molar refractivity (Wildman–Crippen MR) is 121 cm³/mol. The number of anilines is 1. The van der Waals surface area contributed by atoms with Gasteiger partial charge >= 0.3 is 0 Å². The molecule has 1 aromatic heterocycles. The van der Waals surface area contributed by atoms with E-state index < -0.39 is 15.8 Å². The van der Waals surface area contributed by atoms with Crippen molar-refractivity contribution >= 4 is 15.7 Å². The van der Waals surface area contributed by atoms with Crippen LogP contribution in [0.2, 0.25) is 0 Å². The molecule has 2 atom stereocenters. The highest BCUT2D eigenvalue weighted by atomic mass is 32.2. The van der Waals surface area contributed by atoms with Crippen LogP contribution in [-0.2, 0) is 16.6 Å². The van der Waals surface area contributed by atoms with E-state index in [0.717, 1.165) is 44.4 Å². The highest BCUT2D eigenvalue weighted by molar-refractivity contribution is 7.92. The normalized spacial score (nSPS) is 24.8. The zero-order valence-electron chi connectivity index (χ0n) is 18.2. The summed E-state index contributed by atoms with van der Waals surface area (Å²) in [7, 11) is -1.88. The van der Waals surface area contributed by atoms with E-state index in [0.29, 0.717) is 18.5 Å². The lowest BCUT2D eigenvalue weighted by molar-refractivity contribution is 0.0517. The van der Waals surface area contributed by atoms with Crippen LogP contribution in [0.1, 0.15) is 30.9 Å². The van der Waals surface area contributed by atoms with Gasteiger partial charge in [-0.2, -0.15) is 0 Å². The van der Waals surface area contributed by atoms with E-state index in [1.165, 1.54) is 31.0 Å². The van der Waals surface area contributed by atoms with Crippen LogP contribution in [0.3, 0.4) is 0 Å². The summed E-state index contributed by atoms with van der Waals surface area (Å²) >= 11 is 0. The van der Waals surface area contributed by atoms with E-state index in [2.05, 4.69) is 21.6 Å². The van der Waals surface area contributed by atoms with Gasteiger partial charge in [0.25, 0.3) is 15.6 Å². The number of nitrogens with zero attached hydrogens (tertiary/aromatic N) is 3. The van der Waals surface area contributed by atoms with Gasteiger partial charge in [0.2, 0.25) is 0 Å². The Morgan fingerprint density at radius 3 is 2.59 bits per heavy atom. The Kier molecular flexibility index (Phi) is 5.59. The van der Waals surface area contributed by atoms with Crippen molar-refractivity contribution in [1.82, 2.24) is 14.4 Å². The number of aromatic nitrogens is 1. The molecule has 2 aromatic rings. The van der Waals surface area contributed by atoms with Crippen LogP contribution >= 0.6 is 0 Å². The largest absolute Gasteiger partial charge is 0.310 e. The molecule has 9 heteroatoms. The van der Waals surface area contributed by atoms with E-state index >= 15 is 0 Å². The van der Waals surface area contributed by atoms with Crippen LogP contribution in [-0.4, -0.2) is 62.1 Å². The first-order chi connectivity index (χ1) is 15.3. The fourth-order valence-electron chi connectivity index (χ4n) is 5.56. The van der Waals surface area contributed by atoms with Gasteiger partial charge in [0.15, 0.2) is 0 Å². The Morgan fingerprint density at radius 1 is 1.06 bits per heavy atom. The molecule has 32 heavy (non-hydrogen) atoms. The molecular weight excluding hydrogens is 431 g/mol. The van der Waals surface area contributed by atoms with Crippen molar-refractivity contribution in [2.45, 2.75) is 42.7 Å². The second-order valence-electron chi connectivity index (χ2n) is 9.44. The van der Waals surface area contributed by atoms with Gasteiger partial charge in [-0.1, -0.05) is 6.07 Å². The zero-order valence-corrected chi connectivity index (χ0v) is 19.0. The lowest BCUT2D eigenvalue weighted by Crippen LogP contribution is -2.53. The van der Waals surface area contributed by atoms with Crippen LogP contribution in [0.25, 0.3) is 0 Å². The molecule has 4 heterocycles. The fraction of sp³-hybridized carbons (Fsp3) is 0.522. The molecule has 1 aromatic carbocycles. The smallest absolute Gasteiger partial charge is 0.275 e. The number of pyridine rings is 1. The Hall–Kier alpha value is -2.23. The molecule has 0 spiro atoms. The Morgan fingerprint density at radius 2 is 1.84 bits per heavy atom. The summed E-state index contributed by atoms with van der Waals surface area (Å²) in [5.74, 6) is 0.0226. The first kappa shape index (κ1) is 21.6. The van der Waals surface area contributed by atoms with Crippen molar-refractivity contribution in [3.8, 4) is 0 Å². The molecule has 172 valence electrons. The molecule has 2 unspecified atom stereocenters. The fourth-order valence-corrected chi connectivity index (χ4v) is 6.64. The molecule has 3 aliphatic heterocycles. The number of hydrogen-bond acceptors (Lipinski definition) is 5. The molecular formula is C23H29FN4O3S. The number of nitrogens with one attached hydrogen (secondary N) is 1. The van der Waals surface area contributed by atoms with Gasteiger partial charge in [0.1, 0.15) is 11.5 Å².